The molecule has 0 heterocycles. The molecule has 0 atom stereocenters. The lowest BCUT2D eigenvalue weighted by atomic mass is 10.3. The van der Waals surface area contributed by atoms with Crippen molar-refractivity contribution in [2.75, 3.05) is 13.2 Å². The van der Waals surface area contributed by atoms with Crippen molar-refractivity contribution in [2.45, 2.75) is 13.8 Å². The summed E-state index contributed by atoms with van der Waals surface area (Å²) in [6, 6.07) is 7.67. The van der Waals surface area contributed by atoms with Crippen LogP contribution >= 0.6 is 0 Å². The zero-order valence-electron chi connectivity index (χ0n) is 12.2. The quantitative estimate of drug-likeness (QED) is 0.637. The Labute approximate surface area is 121 Å². The molecule has 0 aliphatic heterocycles. The van der Waals surface area contributed by atoms with E-state index in [-0.39, 0.29) is 0 Å². The molecule has 0 amide bonds. The molecule has 0 aliphatic rings. The third-order valence-corrected chi connectivity index (χ3v) is 2.38. The van der Waals surface area contributed by atoms with Gasteiger partial charge in [0.1, 0.15) is 24.7 Å². The largest absolute Gasteiger partial charge is 0.489 e. The molecular weight excluding hydrogens is 248 g/mol. The van der Waals surface area contributed by atoms with E-state index in [1.165, 1.54) is 0 Å². The third-order valence-electron chi connectivity index (χ3n) is 2.38. The van der Waals surface area contributed by atoms with Crippen LogP contribution in [0.5, 0.6) is 11.5 Å². The van der Waals surface area contributed by atoms with Gasteiger partial charge in [0.2, 0.25) is 0 Å². The summed E-state index contributed by atoms with van der Waals surface area (Å²) in [6.45, 7) is 5.07. The monoisotopic (exact) mass is 270 g/mol. The lowest BCUT2D eigenvalue weighted by molar-refractivity contribution is 0.344. The zero-order valence-corrected chi connectivity index (χ0v) is 12.2. The molecule has 2 heteroatoms. The fourth-order valence-corrected chi connectivity index (χ4v) is 1.43. The zero-order chi connectivity index (χ0) is 14.5. The Morgan fingerprint density at radius 3 is 1.75 bits per heavy atom. The molecule has 1 rings (SSSR count). The van der Waals surface area contributed by atoms with Gasteiger partial charge in [0.25, 0.3) is 0 Å². The van der Waals surface area contributed by atoms with Gasteiger partial charge in [0.15, 0.2) is 0 Å². The third kappa shape index (κ3) is 7.27. The minimum atomic E-state index is 0.551. The summed E-state index contributed by atoms with van der Waals surface area (Å²) >= 11 is 0. The molecule has 2 nitrogen and oxygen atoms in total. The van der Waals surface area contributed by atoms with E-state index >= 15 is 0 Å². The first-order valence-corrected chi connectivity index (χ1v) is 6.78. The van der Waals surface area contributed by atoms with E-state index in [1.807, 2.05) is 86.7 Å². The maximum Gasteiger partial charge on any atom is 0.123 e. The van der Waals surface area contributed by atoms with Gasteiger partial charge in [0, 0.05) is 6.07 Å². The highest BCUT2D eigenvalue weighted by atomic mass is 16.5. The molecular formula is C18H22O2. The van der Waals surface area contributed by atoms with E-state index in [4.69, 9.17) is 9.47 Å². The normalized spacial score (nSPS) is 12.1. The van der Waals surface area contributed by atoms with Crippen LogP contribution in [0.25, 0.3) is 0 Å². The van der Waals surface area contributed by atoms with Crippen molar-refractivity contribution in [2.24, 2.45) is 0 Å². The number of ether oxygens (including phenoxy) is 2. The second-order valence-electron chi connectivity index (χ2n) is 4.00. The molecule has 20 heavy (non-hydrogen) atoms. The predicted octanol–water partition coefficient (Wildman–Crippen LogP) is 4.71. The van der Waals surface area contributed by atoms with Crippen molar-refractivity contribution in [1.29, 1.82) is 0 Å². The van der Waals surface area contributed by atoms with E-state index in [0.717, 1.165) is 11.5 Å². The summed E-state index contributed by atoms with van der Waals surface area (Å²) in [6.07, 6.45) is 15.8. The average molecular weight is 270 g/mol. The van der Waals surface area contributed by atoms with Gasteiger partial charge in [-0.25, -0.2) is 0 Å². The Balaban J connectivity index is 2.40. The van der Waals surface area contributed by atoms with Crippen molar-refractivity contribution in [1.82, 2.24) is 0 Å². The van der Waals surface area contributed by atoms with Crippen molar-refractivity contribution in [3.05, 3.63) is 72.9 Å². The van der Waals surface area contributed by atoms with E-state index in [0.29, 0.717) is 13.2 Å². The number of hydrogen-bond donors (Lipinski definition) is 0. The van der Waals surface area contributed by atoms with Gasteiger partial charge in [-0.2, -0.15) is 0 Å². The van der Waals surface area contributed by atoms with Gasteiger partial charge in [-0.1, -0.05) is 42.5 Å². The number of allylic oxidation sites excluding steroid dienone is 6. The van der Waals surface area contributed by atoms with Crippen LogP contribution in [0.1, 0.15) is 13.8 Å². The number of rotatable bonds is 8. The Kier molecular flexibility index (Phi) is 8.46. The van der Waals surface area contributed by atoms with Crippen LogP contribution in [0.2, 0.25) is 0 Å². The molecule has 0 saturated carbocycles. The van der Waals surface area contributed by atoms with E-state index < -0.39 is 0 Å². The fourth-order valence-electron chi connectivity index (χ4n) is 1.43. The van der Waals surface area contributed by atoms with Gasteiger partial charge in [0.05, 0.1) is 0 Å². The van der Waals surface area contributed by atoms with Crippen LogP contribution < -0.4 is 9.47 Å². The first kappa shape index (κ1) is 15.8. The number of benzene rings is 1. The molecule has 0 unspecified atom stereocenters. The minimum Gasteiger partial charge on any atom is -0.489 e. The van der Waals surface area contributed by atoms with Crippen molar-refractivity contribution >= 4 is 0 Å². The summed E-state index contributed by atoms with van der Waals surface area (Å²) in [7, 11) is 0. The smallest absolute Gasteiger partial charge is 0.123 e. The van der Waals surface area contributed by atoms with Crippen molar-refractivity contribution in [3.8, 4) is 11.5 Å². The van der Waals surface area contributed by atoms with Crippen LogP contribution in [0.4, 0.5) is 0 Å². The summed E-state index contributed by atoms with van der Waals surface area (Å²) in [5.41, 5.74) is 0. The Hall–Kier alpha value is -2.22. The predicted molar refractivity (Wildman–Crippen MR) is 85.3 cm³/mol. The summed E-state index contributed by atoms with van der Waals surface area (Å²) in [5.74, 6) is 1.62. The molecule has 0 aliphatic carbocycles. The first-order valence-electron chi connectivity index (χ1n) is 6.78. The molecule has 106 valence electrons. The molecule has 0 aromatic heterocycles. The highest BCUT2D eigenvalue weighted by Crippen LogP contribution is 2.19. The topological polar surface area (TPSA) is 18.5 Å². The average Bonchev–Trinajstić information content (AvgIpc) is 2.47. The lowest BCUT2D eigenvalue weighted by Gasteiger charge is -2.06. The van der Waals surface area contributed by atoms with Gasteiger partial charge < -0.3 is 9.47 Å². The molecule has 0 bridgehead atoms. The summed E-state index contributed by atoms with van der Waals surface area (Å²) in [5, 5.41) is 0. The Morgan fingerprint density at radius 2 is 1.30 bits per heavy atom. The number of hydrogen-bond acceptors (Lipinski definition) is 2. The van der Waals surface area contributed by atoms with Crippen LogP contribution in [0, 0.1) is 0 Å². The standard InChI is InChI=1S/C18H22O2/c1-3-5-7-9-14-19-17-12-11-13-18(16-17)20-15-10-8-6-4-2/h3-13,16H,14-15H2,1-2H3/b5-3+,6-4+,9-7+,10-8+. The van der Waals surface area contributed by atoms with Gasteiger partial charge in [-0.15, -0.1) is 0 Å². The summed E-state index contributed by atoms with van der Waals surface area (Å²) in [4.78, 5) is 0. The second kappa shape index (κ2) is 10.7. The first-order chi connectivity index (χ1) is 9.86. The lowest BCUT2D eigenvalue weighted by Crippen LogP contribution is -1.96. The van der Waals surface area contributed by atoms with E-state index in [9.17, 15) is 0 Å². The molecule has 1 aromatic carbocycles. The molecule has 0 fully saturated rings. The highest BCUT2D eigenvalue weighted by molar-refractivity contribution is 5.33. The van der Waals surface area contributed by atoms with Crippen molar-refractivity contribution < 1.29 is 9.47 Å². The van der Waals surface area contributed by atoms with Crippen LogP contribution in [-0.4, -0.2) is 13.2 Å². The highest BCUT2D eigenvalue weighted by Gasteiger charge is 1.96. The molecule has 0 radical (unpaired) electrons. The maximum atomic E-state index is 5.61. The van der Waals surface area contributed by atoms with Gasteiger partial charge in [-0.05, 0) is 38.1 Å². The Morgan fingerprint density at radius 1 is 0.800 bits per heavy atom. The molecule has 0 saturated heterocycles. The fraction of sp³-hybridized carbons (Fsp3) is 0.222. The minimum absolute atomic E-state index is 0.551. The molecule has 1 aromatic rings. The van der Waals surface area contributed by atoms with Crippen LogP contribution in [-0.2, 0) is 0 Å². The maximum absolute atomic E-state index is 5.61. The van der Waals surface area contributed by atoms with Gasteiger partial charge in [-0.3, -0.25) is 0 Å². The van der Waals surface area contributed by atoms with E-state index in [2.05, 4.69) is 0 Å². The Bertz CT molecular complexity index is 441. The summed E-state index contributed by atoms with van der Waals surface area (Å²) < 4.78 is 11.2. The second-order valence-corrected chi connectivity index (χ2v) is 4.00. The van der Waals surface area contributed by atoms with Crippen LogP contribution in [0.3, 0.4) is 0 Å². The van der Waals surface area contributed by atoms with Crippen LogP contribution in [0.15, 0.2) is 72.9 Å². The SMILES string of the molecule is C/C=C/C=C/COc1cccc(OC/C=C/C=C/C)c1. The van der Waals surface area contributed by atoms with Crippen molar-refractivity contribution in [3.63, 3.8) is 0 Å². The van der Waals surface area contributed by atoms with E-state index in [1.54, 1.807) is 0 Å². The molecule has 0 N–H and O–H groups in total. The van der Waals surface area contributed by atoms with Gasteiger partial charge >= 0.3 is 0 Å². The molecule has 0 spiro atoms.